The van der Waals surface area contributed by atoms with Crippen molar-refractivity contribution in [2.45, 2.75) is 6.92 Å². The van der Waals surface area contributed by atoms with Crippen LogP contribution in [0.25, 0.3) is 5.70 Å². The number of rotatable bonds is 2. The van der Waals surface area contributed by atoms with Gasteiger partial charge in [-0.05, 0) is 55.0 Å². The second-order valence-electron chi connectivity index (χ2n) is 7.27. The lowest BCUT2D eigenvalue weighted by molar-refractivity contribution is 0.340. The first kappa shape index (κ1) is 17.4. The van der Waals surface area contributed by atoms with Gasteiger partial charge in [-0.25, -0.2) is 0 Å². The zero-order valence-electron chi connectivity index (χ0n) is 15.7. The highest BCUT2D eigenvalue weighted by atomic mass is 79.9. The van der Waals surface area contributed by atoms with Gasteiger partial charge in [0.15, 0.2) is 0 Å². The average Bonchev–Trinajstić information content (AvgIpc) is 2.75. The van der Waals surface area contributed by atoms with Gasteiger partial charge in [0.25, 0.3) is 0 Å². The molecule has 3 aromatic carbocycles. The molecule has 28 heavy (non-hydrogen) atoms. The molecule has 4 heteroatoms. The number of hydrogen-bond donors (Lipinski definition) is 0. The van der Waals surface area contributed by atoms with Crippen molar-refractivity contribution in [1.29, 1.82) is 0 Å². The Morgan fingerprint density at radius 1 is 0.893 bits per heavy atom. The Bertz CT molecular complexity index is 1060. The van der Waals surface area contributed by atoms with E-state index in [1.807, 2.05) is 6.07 Å². The molecule has 0 aliphatic carbocycles. The lowest BCUT2D eigenvalue weighted by Gasteiger charge is -2.43. The van der Waals surface area contributed by atoms with Crippen molar-refractivity contribution in [3.63, 3.8) is 0 Å². The molecule has 3 aromatic rings. The summed E-state index contributed by atoms with van der Waals surface area (Å²) in [5.74, 6) is 0.966. The lowest BCUT2D eigenvalue weighted by atomic mass is 9.98. The fourth-order valence-electron chi connectivity index (χ4n) is 4.01. The van der Waals surface area contributed by atoms with E-state index in [0.29, 0.717) is 6.61 Å². The molecule has 5 rings (SSSR count). The second-order valence-corrected chi connectivity index (χ2v) is 8.13. The summed E-state index contributed by atoms with van der Waals surface area (Å²) in [6.07, 6.45) is 0. The van der Waals surface area contributed by atoms with Crippen LogP contribution in [0.15, 0.2) is 82.8 Å². The van der Waals surface area contributed by atoms with Crippen molar-refractivity contribution in [3.05, 3.63) is 94.0 Å². The molecular weight excluding hydrogens is 412 g/mol. The highest BCUT2D eigenvalue weighted by molar-refractivity contribution is 9.10. The average molecular weight is 433 g/mol. The van der Waals surface area contributed by atoms with Crippen LogP contribution in [0, 0.1) is 6.92 Å². The van der Waals surface area contributed by atoms with Gasteiger partial charge in [0.1, 0.15) is 12.4 Å². The summed E-state index contributed by atoms with van der Waals surface area (Å²) in [6.45, 7) is 4.44. The Labute approximate surface area is 174 Å². The monoisotopic (exact) mass is 432 g/mol. The Morgan fingerprint density at radius 2 is 1.68 bits per heavy atom. The zero-order chi connectivity index (χ0) is 19.1. The number of benzene rings is 3. The summed E-state index contributed by atoms with van der Waals surface area (Å²) in [6, 6.07) is 25.5. The van der Waals surface area contributed by atoms with Crippen LogP contribution < -0.4 is 14.5 Å². The number of fused-ring (bicyclic) bond motifs is 2. The molecule has 0 N–H and O–H groups in total. The molecule has 140 valence electrons. The fourth-order valence-corrected chi connectivity index (χ4v) is 4.26. The van der Waals surface area contributed by atoms with Gasteiger partial charge in [0.05, 0.1) is 12.4 Å². The van der Waals surface area contributed by atoms with E-state index in [0.717, 1.165) is 23.4 Å². The number of para-hydroxylation sites is 2. The minimum absolute atomic E-state index is 0.627. The van der Waals surface area contributed by atoms with Gasteiger partial charge in [-0.3, -0.25) is 0 Å². The summed E-state index contributed by atoms with van der Waals surface area (Å²) in [5.41, 5.74) is 7.44. The summed E-state index contributed by atoms with van der Waals surface area (Å²) in [5, 5.41) is 0. The van der Waals surface area contributed by atoms with Crippen molar-refractivity contribution in [1.82, 2.24) is 0 Å². The highest BCUT2D eigenvalue weighted by Crippen LogP contribution is 2.41. The molecule has 0 atom stereocenters. The molecule has 0 aromatic heterocycles. The van der Waals surface area contributed by atoms with Gasteiger partial charge in [-0.15, -0.1) is 0 Å². The fraction of sp³-hybridized carbons (Fsp3) is 0.167. The zero-order valence-corrected chi connectivity index (χ0v) is 17.3. The third-order valence-corrected chi connectivity index (χ3v) is 6.31. The van der Waals surface area contributed by atoms with E-state index < -0.39 is 0 Å². The van der Waals surface area contributed by atoms with E-state index in [9.17, 15) is 0 Å². The first-order chi connectivity index (χ1) is 13.7. The predicted molar refractivity (Wildman–Crippen MR) is 119 cm³/mol. The number of halogens is 1. The topological polar surface area (TPSA) is 15.7 Å². The molecule has 0 fully saturated rings. The van der Waals surface area contributed by atoms with Crippen LogP contribution in [0.3, 0.4) is 0 Å². The molecule has 2 aliphatic heterocycles. The maximum absolute atomic E-state index is 6.09. The molecule has 2 heterocycles. The molecule has 0 radical (unpaired) electrons. The smallest absolute Gasteiger partial charge is 0.129 e. The van der Waals surface area contributed by atoms with E-state index in [1.54, 1.807) is 0 Å². The van der Waals surface area contributed by atoms with Crippen molar-refractivity contribution in [3.8, 4) is 5.75 Å². The standard InChI is InChI=1S/C24H21BrN2O/c1-17-13-20(11-12-22(17)25)27-16-26(19-7-3-2-4-8-19)14-18-15-28-23-10-6-5-9-21(23)24(18)27/h2-13H,14-16H2,1H3. The van der Waals surface area contributed by atoms with E-state index in [4.69, 9.17) is 4.74 Å². The number of ether oxygens (including phenoxy) is 1. The number of anilines is 2. The van der Waals surface area contributed by atoms with E-state index in [1.165, 1.54) is 33.8 Å². The van der Waals surface area contributed by atoms with Gasteiger partial charge < -0.3 is 14.5 Å². The molecule has 2 aliphatic rings. The Hall–Kier alpha value is -2.72. The van der Waals surface area contributed by atoms with Crippen LogP contribution in [0.5, 0.6) is 5.75 Å². The van der Waals surface area contributed by atoms with Gasteiger partial charge in [-0.2, -0.15) is 0 Å². The normalized spacial score (nSPS) is 15.8. The molecule has 0 unspecified atom stereocenters. The first-order valence-corrected chi connectivity index (χ1v) is 10.3. The van der Waals surface area contributed by atoms with Crippen LogP contribution in [0.4, 0.5) is 11.4 Å². The van der Waals surface area contributed by atoms with Crippen LogP contribution in [0.1, 0.15) is 11.1 Å². The van der Waals surface area contributed by atoms with Crippen LogP contribution in [-0.4, -0.2) is 19.8 Å². The molecule has 0 saturated heterocycles. The Balaban J connectivity index is 1.65. The Kier molecular flexibility index (Phi) is 4.36. The van der Waals surface area contributed by atoms with Crippen LogP contribution in [-0.2, 0) is 0 Å². The molecule has 0 bridgehead atoms. The minimum atomic E-state index is 0.627. The van der Waals surface area contributed by atoms with E-state index in [-0.39, 0.29) is 0 Å². The maximum atomic E-state index is 6.09. The minimum Gasteiger partial charge on any atom is -0.488 e. The van der Waals surface area contributed by atoms with Crippen molar-refractivity contribution >= 4 is 33.0 Å². The third-order valence-electron chi connectivity index (χ3n) is 5.42. The molecule has 0 amide bonds. The first-order valence-electron chi connectivity index (χ1n) is 9.48. The molecule has 0 saturated carbocycles. The van der Waals surface area contributed by atoms with Crippen LogP contribution >= 0.6 is 15.9 Å². The number of hydrogen-bond acceptors (Lipinski definition) is 3. The quantitative estimate of drug-likeness (QED) is 0.505. The summed E-state index contributed by atoms with van der Waals surface area (Å²) in [4.78, 5) is 4.83. The maximum Gasteiger partial charge on any atom is 0.129 e. The second kappa shape index (κ2) is 7.02. The van der Waals surface area contributed by atoms with Crippen molar-refractivity contribution in [2.75, 3.05) is 29.6 Å². The lowest BCUT2D eigenvalue weighted by Crippen LogP contribution is -2.45. The molecule has 3 nitrogen and oxygen atoms in total. The molecular formula is C24H21BrN2O. The number of nitrogens with zero attached hydrogens (tertiary/aromatic N) is 2. The van der Waals surface area contributed by atoms with Crippen molar-refractivity contribution in [2.24, 2.45) is 0 Å². The van der Waals surface area contributed by atoms with Gasteiger partial charge >= 0.3 is 0 Å². The third kappa shape index (κ3) is 2.98. The predicted octanol–water partition coefficient (Wildman–Crippen LogP) is 5.85. The molecule has 0 spiro atoms. The Morgan fingerprint density at radius 3 is 2.50 bits per heavy atom. The summed E-state index contributed by atoms with van der Waals surface area (Å²) >= 11 is 3.64. The van der Waals surface area contributed by atoms with Gasteiger partial charge in [-0.1, -0.05) is 46.3 Å². The SMILES string of the molecule is Cc1cc(N2CN(c3ccccc3)CC3=C2c2ccccc2OC3)ccc1Br. The van der Waals surface area contributed by atoms with Crippen LogP contribution in [0.2, 0.25) is 0 Å². The van der Waals surface area contributed by atoms with Gasteiger partial charge in [0.2, 0.25) is 0 Å². The van der Waals surface area contributed by atoms with Gasteiger partial charge in [0, 0.05) is 33.5 Å². The number of aryl methyl sites for hydroxylation is 1. The summed E-state index contributed by atoms with van der Waals surface area (Å²) in [7, 11) is 0. The largest absolute Gasteiger partial charge is 0.488 e. The van der Waals surface area contributed by atoms with E-state index in [2.05, 4.69) is 99.4 Å². The van der Waals surface area contributed by atoms with E-state index >= 15 is 0 Å². The summed E-state index contributed by atoms with van der Waals surface area (Å²) < 4.78 is 7.22. The highest BCUT2D eigenvalue weighted by Gasteiger charge is 2.32. The van der Waals surface area contributed by atoms with Crippen molar-refractivity contribution < 1.29 is 4.74 Å².